The third kappa shape index (κ3) is 9.04. The van der Waals surface area contributed by atoms with E-state index in [1.54, 1.807) is 12.1 Å². The Morgan fingerprint density at radius 3 is 2.48 bits per heavy atom. The van der Waals surface area contributed by atoms with Crippen molar-refractivity contribution in [2.75, 3.05) is 13.1 Å². The van der Waals surface area contributed by atoms with Crippen molar-refractivity contribution >= 4 is 12.0 Å². The van der Waals surface area contributed by atoms with Crippen molar-refractivity contribution in [3.05, 3.63) is 47.0 Å². The number of nitrogens with two attached hydrogens (primary N) is 1. The van der Waals surface area contributed by atoms with Gasteiger partial charge in [0, 0.05) is 18.7 Å². The number of aromatic nitrogens is 3. The number of alkyl halides is 3. The van der Waals surface area contributed by atoms with E-state index in [0.29, 0.717) is 18.2 Å². The number of carbonyl (C=O) groups is 2. The summed E-state index contributed by atoms with van der Waals surface area (Å²) in [6, 6.07) is 4.71. The van der Waals surface area contributed by atoms with E-state index in [2.05, 4.69) is 20.5 Å². The maximum absolute atomic E-state index is 13.9. The molecule has 13 heteroatoms. The summed E-state index contributed by atoms with van der Waals surface area (Å²) in [5.74, 6) is -2.36. The quantitative estimate of drug-likeness (QED) is 0.552. The van der Waals surface area contributed by atoms with Crippen LogP contribution in [0.1, 0.15) is 29.7 Å². The molecule has 1 fully saturated rings. The molecule has 2 amide bonds. The molecule has 182 valence electrons. The molecule has 1 aromatic carbocycles. The van der Waals surface area contributed by atoms with Gasteiger partial charge in [-0.2, -0.15) is 13.2 Å². The maximum atomic E-state index is 13.9. The summed E-state index contributed by atoms with van der Waals surface area (Å²) in [6.45, 7) is 5.63. The average molecular weight is 474 g/mol. The van der Waals surface area contributed by atoms with Gasteiger partial charge in [0.1, 0.15) is 11.5 Å². The lowest BCUT2D eigenvalue weighted by molar-refractivity contribution is -0.192. The molecule has 0 radical (unpaired) electrons. The van der Waals surface area contributed by atoms with Gasteiger partial charge < -0.3 is 16.2 Å². The molecule has 0 unspecified atom stereocenters. The highest BCUT2D eigenvalue weighted by Gasteiger charge is 2.38. The molecule has 9 nitrogen and oxygen atoms in total. The lowest BCUT2D eigenvalue weighted by Gasteiger charge is -2.32. The lowest BCUT2D eigenvalue weighted by Crippen LogP contribution is -2.34. The number of halogens is 4. The molecule has 1 aliphatic heterocycles. The second-order valence-electron chi connectivity index (χ2n) is 7.77. The van der Waals surface area contributed by atoms with E-state index in [1.807, 2.05) is 23.9 Å². The van der Waals surface area contributed by atoms with Gasteiger partial charge in [-0.15, -0.1) is 5.10 Å². The normalized spacial score (nSPS) is 14.9. The zero-order valence-electron chi connectivity index (χ0n) is 18.0. The van der Waals surface area contributed by atoms with Crippen LogP contribution in [0.5, 0.6) is 0 Å². The predicted octanol–water partition coefficient (Wildman–Crippen LogP) is 2.44. The van der Waals surface area contributed by atoms with Gasteiger partial charge in [-0.05, 0) is 44.8 Å². The molecule has 2 heterocycles. The second-order valence-corrected chi connectivity index (χ2v) is 7.77. The molecular formula is C20H26F4N6O3. The number of amides is 2. The number of nitrogens with zero attached hydrogens (tertiary/aromatic N) is 4. The molecule has 0 bridgehead atoms. The molecular weight excluding hydrogens is 448 g/mol. The number of urea groups is 1. The van der Waals surface area contributed by atoms with Crippen molar-refractivity contribution in [2.45, 2.75) is 45.6 Å². The Kier molecular flexibility index (Phi) is 9.14. The molecule has 1 saturated heterocycles. The maximum Gasteiger partial charge on any atom is 0.490 e. The number of piperidine rings is 1. The smallest absolute Gasteiger partial charge is 0.475 e. The average Bonchev–Trinajstić information content (AvgIpc) is 3.18. The Morgan fingerprint density at radius 2 is 1.91 bits per heavy atom. The molecule has 3 rings (SSSR count). The molecule has 33 heavy (non-hydrogen) atoms. The molecule has 0 saturated carbocycles. The standard InChI is InChI=1S/C18H25FN6O.C2HF3O2/c1-13-2-3-17(19)15(8-13)11-24-6-4-14(5-7-24)10-25-12-16(22-23-25)9-21-18(20)26;3-2(4,5)1(6)7/h2-3,8,12,14H,4-7,9-11H2,1H3,(H3,20,21,26);(H,6,7). The largest absolute Gasteiger partial charge is 0.490 e. The van der Waals surface area contributed by atoms with Gasteiger partial charge >= 0.3 is 18.2 Å². The van der Waals surface area contributed by atoms with Gasteiger partial charge in [0.2, 0.25) is 0 Å². The summed E-state index contributed by atoms with van der Waals surface area (Å²) in [7, 11) is 0. The molecule has 4 N–H and O–H groups in total. The van der Waals surface area contributed by atoms with E-state index in [-0.39, 0.29) is 12.4 Å². The monoisotopic (exact) mass is 474 g/mol. The van der Waals surface area contributed by atoms with E-state index >= 15 is 0 Å². The van der Waals surface area contributed by atoms with Gasteiger partial charge in [-0.3, -0.25) is 9.58 Å². The fourth-order valence-electron chi connectivity index (χ4n) is 3.34. The van der Waals surface area contributed by atoms with E-state index in [4.69, 9.17) is 15.6 Å². The van der Waals surface area contributed by atoms with E-state index in [1.165, 1.54) is 0 Å². The molecule has 2 aromatic rings. The minimum Gasteiger partial charge on any atom is -0.475 e. The summed E-state index contributed by atoms with van der Waals surface area (Å²) < 4.78 is 47.5. The summed E-state index contributed by atoms with van der Waals surface area (Å²) in [5, 5.41) is 17.8. The third-order valence-electron chi connectivity index (χ3n) is 5.02. The number of aryl methyl sites for hydroxylation is 1. The highest BCUT2D eigenvalue weighted by Crippen LogP contribution is 2.22. The number of likely N-dealkylation sites (tertiary alicyclic amines) is 1. The van der Waals surface area contributed by atoms with E-state index < -0.39 is 18.2 Å². The fraction of sp³-hybridized carbons (Fsp3) is 0.500. The number of primary amides is 1. The second kappa shape index (κ2) is 11.6. The fourth-order valence-corrected chi connectivity index (χ4v) is 3.34. The molecule has 1 aromatic heterocycles. The number of carboxylic acids is 1. The summed E-state index contributed by atoms with van der Waals surface area (Å²) in [5.41, 5.74) is 7.60. The lowest BCUT2D eigenvalue weighted by atomic mass is 9.96. The van der Waals surface area contributed by atoms with Crippen LogP contribution in [0.4, 0.5) is 22.4 Å². The van der Waals surface area contributed by atoms with Gasteiger partial charge in [0.15, 0.2) is 0 Å². The highest BCUT2D eigenvalue weighted by molar-refractivity contribution is 5.73. The zero-order chi connectivity index (χ0) is 24.6. The van der Waals surface area contributed by atoms with Crippen LogP contribution in [-0.2, 0) is 24.4 Å². The zero-order valence-corrected chi connectivity index (χ0v) is 18.0. The Bertz CT molecular complexity index is 942. The Balaban J connectivity index is 0.000000479. The van der Waals surface area contributed by atoms with Crippen LogP contribution >= 0.6 is 0 Å². The van der Waals surface area contributed by atoms with Gasteiger partial charge in [-0.1, -0.05) is 22.9 Å². The van der Waals surface area contributed by atoms with Gasteiger partial charge in [0.25, 0.3) is 0 Å². The van der Waals surface area contributed by atoms with Crippen LogP contribution in [0.2, 0.25) is 0 Å². The van der Waals surface area contributed by atoms with Crippen LogP contribution < -0.4 is 11.1 Å². The first kappa shape index (κ1) is 26.0. The highest BCUT2D eigenvalue weighted by atomic mass is 19.4. The van der Waals surface area contributed by atoms with Crippen LogP contribution in [0.25, 0.3) is 0 Å². The predicted molar refractivity (Wildman–Crippen MR) is 109 cm³/mol. The number of carbonyl (C=O) groups excluding carboxylic acids is 1. The van der Waals surface area contributed by atoms with E-state index in [9.17, 15) is 22.4 Å². The number of benzene rings is 1. The first-order chi connectivity index (χ1) is 15.4. The first-order valence-corrected chi connectivity index (χ1v) is 10.1. The van der Waals surface area contributed by atoms with Crippen molar-refractivity contribution < 1.29 is 32.3 Å². The molecule has 0 aliphatic carbocycles. The minimum absolute atomic E-state index is 0.127. The van der Waals surface area contributed by atoms with Crippen molar-refractivity contribution in [2.24, 2.45) is 11.7 Å². The topological polar surface area (TPSA) is 126 Å². The Labute approximate surface area is 187 Å². The number of rotatable bonds is 6. The Hall–Kier alpha value is -3.22. The van der Waals surface area contributed by atoms with Crippen molar-refractivity contribution in [3.8, 4) is 0 Å². The van der Waals surface area contributed by atoms with Crippen molar-refractivity contribution in [3.63, 3.8) is 0 Å². The van der Waals surface area contributed by atoms with Crippen molar-refractivity contribution in [1.82, 2.24) is 25.2 Å². The Morgan fingerprint density at radius 1 is 1.27 bits per heavy atom. The number of hydrogen-bond donors (Lipinski definition) is 3. The minimum atomic E-state index is -5.08. The van der Waals surface area contributed by atoms with Crippen LogP contribution in [0.15, 0.2) is 24.4 Å². The van der Waals surface area contributed by atoms with Crippen LogP contribution in [0, 0.1) is 18.7 Å². The van der Waals surface area contributed by atoms with Crippen LogP contribution in [0.3, 0.4) is 0 Å². The SMILES string of the molecule is Cc1ccc(F)c(CN2CCC(Cn3cc(CNC(N)=O)nn3)CC2)c1.O=C(O)C(F)(F)F. The molecule has 1 aliphatic rings. The van der Waals surface area contributed by atoms with Gasteiger partial charge in [-0.25, -0.2) is 14.0 Å². The molecule has 0 spiro atoms. The summed E-state index contributed by atoms with van der Waals surface area (Å²) in [6.07, 6.45) is -1.16. The number of carboxylic acid groups (broad SMARTS) is 1. The molecule has 0 atom stereocenters. The van der Waals surface area contributed by atoms with Gasteiger partial charge in [0.05, 0.1) is 12.7 Å². The third-order valence-corrected chi connectivity index (χ3v) is 5.02. The summed E-state index contributed by atoms with van der Waals surface area (Å²) >= 11 is 0. The number of hydrogen-bond acceptors (Lipinski definition) is 5. The number of nitrogens with one attached hydrogen (secondary N) is 1. The number of aliphatic carboxylic acids is 1. The first-order valence-electron chi connectivity index (χ1n) is 10.1. The van der Waals surface area contributed by atoms with Crippen molar-refractivity contribution in [1.29, 1.82) is 0 Å². The summed E-state index contributed by atoms with van der Waals surface area (Å²) in [4.78, 5) is 21.9. The van der Waals surface area contributed by atoms with E-state index in [0.717, 1.165) is 43.6 Å². The van der Waals surface area contributed by atoms with Crippen LogP contribution in [-0.4, -0.2) is 56.3 Å².